The van der Waals surface area contributed by atoms with Crippen LogP contribution < -0.4 is 5.73 Å². The van der Waals surface area contributed by atoms with Crippen LogP contribution in [0.3, 0.4) is 0 Å². The quantitative estimate of drug-likeness (QED) is 0.738. The van der Waals surface area contributed by atoms with Gasteiger partial charge >= 0.3 is 0 Å². The molecule has 1 amide bonds. The molecule has 0 bridgehead atoms. The second-order valence-electron chi connectivity index (χ2n) is 8.61. The van der Waals surface area contributed by atoms with Crippen LogP contribution >= 0.6 is 0 Å². The molecule has 1 aromatic heterocycles. The Labute approximate surface area is 170 Å². The summed E-state index contributed by atoms with van der Waals surface area (Å²) in [6.45, 7) is 7.18. The van der Waals surface area contributed by atoms with Crippen LogP contribution in [0.15, 0.2) is 59.1 Å². The summed E-state index contributed by atoms with van der Waals surface area (Å²) in [5.74, 6) is 1.04. The van der Waals surface area contributed by atoms with E-state index < -0.39 is 0 Å². The van der Waals surface area contributed by atoms with E-state index in [9.17, 15) is 4.79 Å². The number of hydrogen-bond acceptors (Lipinski definition) is 5. The zero-order valence-electron chi connectivity index (χ0n) is 17.0. The predicted octanol–water partition coefficient (Wildman–Crippen LogP) is 3.60. The monoisotopic (exact) mass is 390 g/mol. The molecule has 6 heteroatoms. The largest absolute Gasteiger partial charge is 0.336 e. The molecule has 2 aromatic carbocycles. The third-order valence-electron chi connectivity index (χ3n) is 5.36. The number of hydrogen-bond donors (Lipinski definition) is 1. The highest BCUT2D eigenvalue weighted by Crippen LogP contribution is 2.30. The van der Waals surface area contributed by atoms with Crippen LogP contribution in [0.25, 0.3) is 11.5 Å². The minimum absolute atomic E-state index is 0.0648. The average molecular weight is 390 g/mol. The van der Waals surface area contributed by atoms with Crippen LogP contribution in [0.2, 0.25) is 0 Å². The summed E-state index contributed by atoms with van der Waals surface area (Å²) in [5, 5.41) is 4.09. The Kier molecular flexibility index (Phi) is 4.96. The first-order valence-corrected chi connectivity index (χ1v) is 9.88. The Morgan fingerprint density at radius 1 is 1.07 bits per heavy atom. The smallest absolute Gasteiger partial charge is 0.258 e. The number of rotatable bonds is 3. The maximum absolute atomic E-state index is 13.3. The first kappa shape index (κ1) is 19.3. The first-order valence-electron chi connectivity index (χ1n) is 9.88. The van der Waals surface area contributed by atoms with Crippen LogP contribution in [0, 0.1) is 0 Å². The Balaban J connectivity index is 1.61. The van der Waals surface area contributed by atoms with Crippen molar-refractivity contribution in [3.8, 4) is 11.5 Å². The molecular weight excluding hydrogens is 364 g/mol. The molecule has 1 aliphatic heterocycles. The van der Waals surface area contributed by atoms with Gasteiger partial charge in [0, 0.05) is 30.5 Å². The predicted molar refractivity (Wildman–Crippen MR) is 111 cm³/mol. The maximum atomic E-state index is 13.3. The van der Waals surface area contributed by atoms with Gasteiger partial charge in [0.2, 0.25) is 0 Å². The molecule has 0 unspecified atom stereocenters. The van der Waals surface area contributed by atoms with Crippen LogP contribution in [0.4, 0.5) is 0 Å². The van der Waals surface area contributed by atoms with Gasteiger partial charge in [-0.1, -0.05) is 68.4 Å². The van der Waals surface area contributed by atoms with Crippen molar-refractivity contribution in [2.45, 2.75) is 38.1 Å². The number of nitrogens with zero attached hydrogens (tertiary/aromatic N) is 3. The third-order valence-corrected chi connectivity index (χ3v) is 5.36. The Hall–Kier alpha value is -2.99. The summed E-state index contributed by atoms with van der Waals surface area (Å²) >= 11 is 0. The van der Waals surface area contributed by atoms with Gasteiger partial charge in [-0.2, -0.15) is 4.98 Å². The van der Waals surface area contributed by atoms with Gasteiger partial charge in [-0.15, -0.1) is 0 Å². The van der Waals surface area contributed by atoms with Crippen molar-refractivity contribution in [1.29, 1.82) is 0 Å². The molecule has 4 rings (SSSR count). The van der Waals surface area contributed by atoms with Crippen LogP contribution in [-0.2, 0) is 5.41 Å². The fraction of sp³-hybridized carbons (Fsp3) is 0.348. The van der Waals surface area contributed by atoms with E-state index in [4.69, 9.17) is 10.3 Å². The Morgan fingerprint density at radius 2 is 1.76 bits per heavy atom. The highest BCUT2D eigenvalue weighted by atomic mass is 16.5. The molecule has 1 aliphatic rings. The minimum Gasteiger partial charge on any atom is -0.336 e. The molecule has 3 aromatic rings. The van der Waals surface area contributed by atoms with Crippen molar-refractivity contribution >= 4 is 5.91 Å². The second-order valence-corrected chi connectivity index (χ2v) is 8.61. The Morgan fingerprint density at radius 3 is 2.45 bits per heavy atom. The van der Waals surface area contributed by atoms with E-state index in [1.54, 1.807) is 6.07 Å². The highest BCUT2D eigenvalue weighted by Gasteiger charge is 2.35. The number of aromatic nitrogens is 2. The molecule has 2 atom stereocenters. The van der Waals surface area contributed by atoms with Gasteiger partial charge < -0.3 is 15.2 Å². The topological polar surface area (TPSA) is 85.2 Å². The SMILES string of the molecule is CC(C)(C)c1noc(-c2ccccc2C(=O)N2C[C@@H](N)[C@H](c3ccccc3)C2)n1. The number of benzene rings is 2. The molecule has 150 valence electrons. The maximum Gasteiger partial charge on any atom is 0.258 e. The van der Waals surface area contributed by atoms with Crippen molar-refractivity contribution in [3.05, 3.63) is 71.5 Å². The van der Waals surface area contributed by atoms with Crippen molar-refractivity contribution < 1.29 is 9.32 Å². The highest BCUT2D eigenvalue weighted by molar-refractivity contribution is 6.00. The van der Waals surface area contributed by atoms with E-state index in [1.807, 2.05) is 62.1 Å². The molecule has 6 nitrogen and oxygen atoms in total. The lowest BCUT2D eigenvalue weighted by molar-refractivity contribution is 0.0789. The normalized spacial score (nSPS) is 19.5. The first-order chi connectivity index (χ1) is 13.8. The lowest BCUT2D eigenvalue weighted by Gasteiger charge is -2.18. The summed E-state index contributed by atoms with van der Waals surface area (Å²) in [6.07, 6.45) is 0. The lowest BCUT2D eigenvalue weighted by Crippen LogP contribution is -2.32. The van der Waals surface area contributed by atoms with E-state index in [1.165, 1.54) is 0 Å². The van der Waals surface area contributed by atoms with Crippen LogP contribution in [-0.4, -0.2) is 40.1 Å². The third kappa shape index (κ3) is 3.80. The zero-order chi connectivity index (χ0) is 20.6. The number of carbonyl (C=O) groups is 1. The van der Waals surface area contributed by atoms with E-state index in [0.717, 1.165) is 5.56 Å². The molecule has 2 heterocycles. The molecule has 0 spiro atoms. The van der Waals surface area contributed by atoms with Gasteiger partial charge in [0.15, 0.2) is 5.82 Å². The van der Waals surface area contributed by atoms with E-state index >= 15 is 0 Å². The fourth-order valence-corrected chi connectivity index (χ4v) is 3.71. The second kappa shape index (κ2) is 7.44. The molecule has 1 fully saturated rings. The van der Waals surface area contributed by atoms with E-state index in [2.05, 4.69) is 22.3 Å². The van der Waals surface area contributed by atoms with Gasteiger partial charge in [0.25, 0.3) is 11.8 Å². The van der Waals surface area contributed by atoms with Crippen molar-refractivity contribution in [1.82, 2.24) is 15.0 Å². The van der Waals surface area contributed by atoms with Gasteiger partial charge in [-0.05, 0) is 17.7 Å². The van der Waals surface area contributed by atoms with E-state index in [0.29, 0.717) is 35.9 Å². The van der Waals surface area contributed by atoms with Crippen molar-refractivity contribution in [3.63, 3.8) is 0 Å². The van der Waals surface area contributed by atoms with Gasteiger partial charge in [0.05, 0.1) is 11.1 Å². The summed E-state index contributed by atoms with van der Waals surface area (Å²) < 4.78 is 5.49. The minimum atomic E-state index is -0.231. The summed E-state index contributed by atoms with van der Waals surface area (Å²) in [5.41, 5.74) is 8.52. The number of carbonyl (C=O) groups excluding carboxylic acids is 1. The molecule has 29 heavy (non-hydrogen) atoms. The van der Waals surface area contributed by atoms with Crippen LogP contribution in [0.5, 0.6) is 0 Å². The molecule has 0 radical (unpaired) electrons. The van der Waals surface area contributed by atoms with Gasteiger partial charge in [-0.3, -0.25) is 4.79 Å². The zero-order valence-corrected chi connectivity index (χ0v) is 17.0. The molecular formula is C23H26N4O2. The standard InChI is InChI=1S/C23H26N4O2/c1-23(2,3)22-25-20(29-26-22)16-11-7-8-12-17(16)21(28)27-13-18(19(24)14-27)15-9-5-4-6-10-15/h4-12,18-19H,13-14,24H2,1-3H3/t18-,19+/m0/s1. The number of likely N-dealkylation sites (tertiary alicyclic amines) is 1. The molecule has 0 saturated carbocycles. The van der Waals surface area contributed by atoms with Crippen LogP contribution in [0.1, 0.15) is 48.4 Å². The van der Waals surface area contributed by atoms with Crippen molar-refractivity contribution in [2.24, 2.45) is 5.73 Å². The van der Waals surface area contributed by atoms with Crippen molar-refractivity contribution in [2.75, 3.05) is 13.1 Å². The van der Waals surface area contributed by atoms with Gasteiger partial charge in [0.1, 0.15) is 0 Å². The Bertz CT molecular complexity index is 1010. The average Bonchev–Trinajstić information content (AvgIpc) is 3.35. The summed E-state index contributed by atoms with van der Waals surface area (Å²) in [6, 6.07) is 17.4. The number of amides is 1. The molecule has 0 aliphatic carbocycles. The summed E-state index contributed by atoms with van der Waals surface area (Å²) in [7, 11) is 0. The molecule has 2 N–H and O–H groups in total. The fourth-order valence-electron chi connectivity index (χ4n) is 3.71. The molecule has 1 saturated heterocycles. The van der Waals surface area contributed by atoms with Gasteiger partial charge in [-0.25, -0.2) is 0 Å². The van der Waals surface area contributed by atoms with E-state index in [-0.39, 0.29) is 23.3 Å². The lowest BCUT2D eigenvalue weighted by atomic mass is 9.95. The number of nitrogens with two attached hydrogens (primary N) is 1. The summed E-state index contributed by atoms with van der Waals surface area (Å²) in [4.78, 5) is 19.7.